The lowest BCUT2D eigenvalue weighted by atomic mass is 10.1. The van der Waals surface area contributed by atoms with E-state index in [0.29, 0.717) is 17.3 Å². The molecule has 0 aliphatic heterocycles. The molecule has 0 saturated carbocycles. The molecule has 5 rings (SSSR count). The first-order chi connectivity index (χ1) is 16.3. The number of carbonyl (C=O) groups excluding carboxylic acids is 1. The van der Waals surface area contributed by atoms with E-state index < -0.39 is 0 Å². The standard InChI is InChI=1S/C29H26N2O3/c1-16-13-19(4)27-24(14-16)31-29(34-27)22-7-6-8-23(20(22)5)30-28(32)26-12-11-25(33-26)21-10-9-17(2)18(3)15-21/h6-15H,1-5H3,(H,30,32). The van der Waals surface area contributed by atoms with Crippen LogP contribution in [0.15, 0.2) is 69.5 Å². The minimum atomic E-state index is -0.306. The van der Waals surface area contributed by atoms with Crippen molar-refractivity contribution < 1.29 is 13.6 Å². The molecule has 1 N–H and O–H groups in total. The molecule has 1 amide bonds. The van der Waals surface area contributed by atoms with E-state index >= 15 is 0 Å². The highest BCUT2D eigenvalue weighted by Crippen LogP contribution is 2.32. The topological polar surface area (TPSA) is 68.3 Å². The maximum atomic E-state index is 13.0. The number of anilines is 1. The number of nitrogens with one attached hydrogen (secondary N) is 1. The minimum Gasteiger partial charge on any atom is -0.451 e. The van der Waals surface area contributed by atoms with E-state index in [9.17, 15) is 4.79 Å². The van der Waals surface area contributed by atoms with Gasteiger partial charge in [0.25, 0.3) is 5.91 Å². The Labute approximate surface area is 198 Å². The maximum absolute atomic E-state index is 13.0. The molecule has 0 fully saturated rings. The summed E-state index contributed by atoms with van der Waals surface area (Å²) in [7, 11) is 0. The molecule has 3 aromatic carbocycles. The van der Waals surface area contributed by atoms with Crippen molar-refractivity contribution in [2.75, 3.05) is 5.32 Å². The van der Waals surface area contributed by atoms with Crippen LogP contribution in [0.1, 0.15) is 38.4 Å². The number of hydrogen-bond acceptors (Lipinski definition) is 4. The van der Waals surface area contributed by atoms with Gasteiger partial charge in [0.15, 0.2) is 11.3 Å². The summed E-state index contributed by atoms with van der Waals surface area (Å²) in [4.78, 5) is 17.7. The number of hydrogen-bond donors (Lipinski definition) is 1. The van der Waals surface area contributed by atoms with Crippen molar-refractivity contribution in [2.24, 2.45) is 0 Å². The fourth-order valence-electron chi connectivity index (χ4n) is 4.19. The third-order valence-corrected chi connectivity index (χ3v) is 6.25. The molecular weight excluding hydrogens is 424 g/mol. The number of amides is 1. The summed E-state index contributed by atoms with van der Waals surface area (Å²) in [6, 6.07) is 19.4. The van der Waals surface area contributed by atoms with Gasteiger partial charge in [0.2, 0.25) is 5.89 Å². The zero-order valence-electron chi connectivity index (χ0n) is 19.9. The van der Waals surface area contributed by atoms with Crippen molar-refractivity contribution in [1.82, 2.24) is 4.98 Å². The van der Waals surface area contributed by atoms with Gasteiger partial charge in [0.05, 0.1) is 0 Å². The molecule has 2 heterocycles. The Hall–Kier alpha value is -4.12. The molecule has 0 aliphatic carbocycles. The van der Waals surface area contributed by atoms with Crippen LogP contribution >= 0.6 is 0 Å². The quantitative estimate of drug-likeness (QED) is 0.307. The number of rotatable bonds is 4. The van der Waals surface area contributed by atoms with Crippen LogP contribution in [-0.2, 0) is 0 Å². The zero-order valence-corrected chi connectivity index (χ0v) is 19.9. The number of aromatic nitrogens is 1. The van der Waals surface area contributed by atoms with Gasteiger partial charge in [-0.25, -0.2) is 4.98 Å². The maximum Gasteiger partial charge on any atom is 0.291 e. The van der Waals surface area contributed by atoms with Crippen LogP contribution in [-0.4, -0.2) is 10.9 Å². The molecule has 0 spiro atoms. The Morgan fingerprint density at radius 1 is 0.824 bits per heavy atom. The molecule has 0 aliphatic rings. The molecule has 5 nitrogen and oxygen atoms in total. The summed E-state index contributed by atoms with van der Waals surface area (Å²) in [5.74, 6) is 1.15. The van der Waals surface area contributed by atoms with E-state index in [1.54, 1.807) is 6.07 Å². The van der Waals surface area contributed by atoms with E-state index in [1.807, 2.05) is 57.2 Å². The predicted octanol–water partition coefficient (Wildman–Crippen LogP) is 7.55. The highest BCUT2D eigenvalue weighted by atomic mass is 16.4. The van der Waals surface area contributed by atoms with Crippen molar-refractivity contribution in [3.8, 4) is 22.8 Å². The molecule has 5 aromatic rings. The highest BCUT2D eigenvalue weighted by Gasteiger charge is 2.18. The summed E-state index contributed by atoms with van der Waals surface area (Å²) in [5.41, 5.74) is 9.53. The number of fused-ring (bicyclic) bond motifs is 1. The summed E-state index contributed by atoms with van der Waals surface area (Å²) < 4.78 is 12.0. The third-order valence-electron chi connectivity index (χ3n) is 6.25. The first kappa shape index (κ1) is 21.7. The van der Waals surface area contributed by atoms with Crippen LogP contribution in [0, 0.1) is 34.6 Å². The fourth-order valence-corrected chi connectivity index (χ4v) is 4.19. The number of oxazole rings is 1. The van der Waals surface area contributed by atoms with E-state index in [-0.39, 0.29) is 11.7 Å². The predicted molar refractivity (Wildman–Crippen MR) is 135 cm³/mol. The molecule has 170 valence electrons. The Kier molecular flexibility index (Phi) is 5.33. The summed E-state index contributed by atoms with van der Waals surface area (Å²) >= 11 is 0. The summed E-state index contributed by atoms with van der Waals surface area (Å²) in [6.07, 6.45) is 0. The molecule has 0 bridgehead atoms. The van der Waals surface area contributed by atoms with Crippen LogP contribution in [0.4, 0.5) is 5.69 Å². The van der Waals surface area contributed by atoms with Gasteiger partial charge in [-0.3, -0.25) is 4.79 Å². The number of furan rings is 1. The number of carbonyl (C=O) groups is 1. The van der Waals surface area contributed by atoms with Gasteiger partial charge in [0.1, 0.15) is 11.3 Å². The summed E-state index contributed by atoms with van der Waals surface area (Å²) in [5, 5.41) is 2.97. The SMILES string of the molecule is Cc1cc(C)c2oc(-c3cccc(NC(=O)c4ccc(-c5ccc(C)c(C)c5)o4)c3C)nc2c1. The highest BCUT2D eigenvalue weighted by molar-refractivity contribution is 6.03. The second-order valence-electron chi connectivity index (χ2n) is 8.84. The van der Waals surface area contributed by atoms with Crippen LogP contribution in [0.3, 0.4) is 0 Å². The lowest BCUT2D eigenvalue weighted by molar-refractivity contribution is 0.0997. The second kappa shape index (κ2) is 8.34. The first-order valence-electron chi connectivity index (χ1n) is 11.3. The van der Waals surface area contributed by atoms with E-state index in [1.165, 1.54) is 11.1 Å². The average molecular weight is 451 g/mol. The Balaban J connectivity index is 1.42. The lowest BCUT2D eigenvalue weighted by Gasteiger charge is -2.10. The van der Waals surface area contributed by atoms with Gasteiger partial charge in [-0.2, -0.15) is 0 Å². The van der Waals surface area contributed by atoms with Crippen molar-refractivity contribution >= 4 is 22.7 Å². The molecule has 0 radical (unpaired) electrons. The minimum absolute atomic E-state index is 0.256. The van der Waals surface area contributed by atoms with Crippen LogP contribution in [0.25, 0.3) is 33.9 Å². The smallest absolute Gasteiger partial charge is 0.291 e. The number of aryl methyl sites for hydroxylation is 4. The van der Waals surface area contributed by atoms with Gasteiger partial charge in [-0.05, 0) is 98.8 Å². The van der Waals surface area contributed by atoms with Gasteiger partial charge >= 0.3 is 0 Å². The molecule has 34 heavy (non-hydrogen) atoms. The van der Waals surface area contributed by atoms with Crippen LogP contribution in [0.2, 0.25) is 0 Å². The Bertz CT molecular complexity index is 1560. The second-order valence-corrected chi connectivity index (χ2v) is 8.84. The van der Waals surface area contributed by atoms with Crippen molar-refractivity contribution in [3.05, 3.63) is 94.2 Å². The van der Waals surface area contributed by atoms with Crippen LogP contribution in [0.5, 0.6) is 0 Å². The van der Waals surface area contributed by atoms with Gasteiger partial charge < -0.3 is 14.2 Å². The molecule has 0 atom stereocenters. The number of nitrogens with zero attached hydrogens (tertiary/aromatic N) is 1. The van der Waals surface area contributed by atoms with Crippen molar-refractivity contribution in [1.29, 1.82) is 0 Å². The molecule has 0 saturated heterocycles. The molecule has 0 unspecified atom stereocenters. The largest absolute Gasteiger partial charge is 0.451 e. The number of benzene rings is 3. The molecule has 2 aromatic heterocycles. The average Bonchev–Trinajstić information content (AvgIpc) is 3.45. The van der Waals surface area contributed by atoms with E-state index in [4.69, 9.17) is 13.8 Å². The van der Waals surface area contributed by atoms with Crippen molar-refractivity contribution in [3.63, 3.8) is 0 Å². The Morgan fingerprint density at radius 3 is 2.44 bits per heavy atom. The van der Waals surface area contributed by atoms with Gasteiger partial charge in [0, 0.05) is 16.8 Å². The van der Waals surface area contributed by atoms with Crippen molar-refractivity contribution in [2.45, 2.75) is 34.6 Å². The fraction of sp³-hybridized carbons (Fsp3) is 0.172. The lowest BCUT2D eigenvalue weighted by Crippen LogP contribution is -2.12. The van der Waals surface area contributed by atoms with Crippen LogP contribution < -0.4 is 5.32 Å². The van der Waals surface area contributed by atoms with Gasteiger partial charge in [-0.1, -0.05) is 24.3 Å². The summed E-state index contributed by atoms with van der Waals surface area (Å²) in [6.45, 7) is 10.1. The first-order valence-corrected chi connectivity index (χ1v) is 11.3. The van der Waals surface area contributed by atoms with Gasteiger partial charge in [-0.15, -0.1) is 0 Å². The Morgan fingerprint density at radius 2 is 1.65 bits per heavy atom. The normalized spacial score (nSPS) is 11.2. The monoisotopic (exact) mass is 450 g/mol. The van der Waals surface area contributed by atoms with E-state index in [0.717, 1.165) is 38.9 Å². The third kappa shape index (κ3) is 3.90. The zero-order chi connectivity index (χ0) is 24.0. The van der Waals surface area contributed by atoms with E-state index in [2.05, 4.69) is 37.4 Å². The molecule has 5 heteroatoms. The molecular formula is C29H26N2O3.